The summed E-state index contributed by atoms with van der Waals surface area (Å²) < 4.78 is 18.3. The van der Waals surface area contributed by atoms with Crippen molar-refractivity contribution >= 4 is 17.3 Å². The van der Waals surface area contributed by atoms with Gasteiger partial charge >= 0.3 is 0 Å². The summed E-state index contributed by atoms with van der Waals surface area (Å²) in [5.74, 6) is -0.413. The van der Waals surface area contributed by atoms with Crippen molar-refractivity contribution in [2.24, 2.45) is 0 Å². The van der Waals surface area contributed by atoms with Crippen LogP contribution in [0.2, 0.25) is 0 Å². The van der Waals surface area contributed by atoms with Crippen LogP contribution < -0.4 is 10.2 Å². The van der Waals surface area contributed by atoms with Gasteiger partial charge in [0.15, 0.2) is 0 Å². The molecule has 5 heteroatoms. The molecule has 1 amide bonds. The Morgan fingerprint density at radius 2 is 1.78 bits per heavy atom. The number of para-hydroxylation sites is 2. The number of amides is 1. The van der Waals surface area contributed by atoms with Gasteiger partial charge in [0.25, 0.3) is 0 Å². The third-order valence-electron chi connectivity index (χ3n) is 3.81. The number of rotatable bonds is 4. The number of nitrogens with zero attached hydrogens (tertiary/aromatic N) is 1. The van der Waals surface area contributed by atoms with Crippen LogP contribution in [0, 0.1) is 5.82 Å². The Morgan fingerprint density at radius 3 is 2.52 bits per heavy atom. The van der Waals surface area contributed by atoms with Crippen molar-refractivity contribution in [2.45, 2.75) is 6.42 Å². The molecule has 23 heavy (non-hydrogen) atoms. The molecule has 2 aromatic carbocycles. The highest BCUT2D eigenvalue weighted by Gasteiger charge is 2.15. The van der Waals surface area contributed by atoms with Crippen LogP contribution in [-0.2, 0) is 16.0 Å². The predicted molar refractivity (Wildman–Crippen MR) is 88.2 cm³/mol. The molecule has 0 unspecified atom stereocenters. The first-order valence-electron chi connectivity index (χ1n) is 7.68. The minimum atomic E-state index is -0.299. The number of halogens is 1. The standard InChI is InChI=1S/C18H19FN2O2/c19-15-7-5-14(6-8-15)13-18(22)20-16-3-1-2-4-17(16)21-9-11-23-12-10-21/h1-8H,9-13H2,(H,20,22). The minimum absolute atomic E-state index is 0.114. The summed E-state index contributed by atoms with van der Waals surface area (Å²) >= 11 is 0. The SMILES string of the molecule is O=C(Cc1ccc(F)cc1)Nc1ccccc1N1CCOCC1. The Hall–Kier alpha value is -2.40. The highest BCUT2D eigenvalue weighted by atomic mass is 19.1. The fourth-order valence-corrected chi connectivity index (χ4v) is 2.64. The van der Waals surface area contributed by atoms with Gasteiger partial charge in [-0.2, -0.15) is 0 Å². The zero-order chi connectivity index (χ0) is 16.1. The van der Waals surface area contributed by atoms with Crippen LogP contribution in [0.25, 0.3) is 0 Å². The molecule has 2 aromatic rings. The molecule has 4 nitrogen and oxygen atoms in total. The maximum atomic E-state index is 12.9. The number of carbonyl (C=O) groups is 1. The Labute approximate surface area is 134 Å². The summed E-state index contributed by atoms with van der Waals surface area (Å²) in [6.07, 6.45) is 0.220. The number of hydrogen-bond donors (Lipinski definition) is 1. The van der Waals surface area contributed by atoms with Crippen LogP contribution in [0.4, 0.5) is 15.8 Å². The van der Waals surface area contributed by atoms with E-state index in [1.54, 1.807) is 12.1 Å². The smallest absolute Gasteiger partial charge is 0.228 e. The molecule has 0 atom stereocenters. The average molecular weight is 314 g/mol. The first kappa shape index (κ1) is 15.5. The molecule has 0 spiro atoms. The Kier molecular flexibility index (Phi) is 4.88. The highest BCUT2D eigenvalue weighted by Crippen LogP contribution is 2.26. The summed E-state index contributed by atoms with van der Waals surface area (Å²) in [5.41, 5.74) is 2.58. The third kappa shape index (κ3) is 4.07. The van der Waals surface area contributed by atoms with E-state index in [2.05, 4.69) is 10.2 Å². The first-order chi connectivity index (χ1) is 11.2. The second-order valence-corrected chi connectivity index (χ2v) is 5.47. The van der Waals surface area contributed by atoms with E-state index in [-0.39, 0.29) is 18.1 Å². The van der Waals surface area contributed by atoms with E-state index in [1.807, 2.05) is 24.3 Å². The van der Waals surface area contributed by atoms with Gasteiger partial charge in [-0.15, -0.1) is 0 Å². The van der Waals surface area contributed by atoms with Crippen LogP contribution in [0.3, 0.4) is 0 Å². The number of ether oxygens (including phenoxy) is 1. The fraction of sp³-hybridized carbons (Fsp3) is 0.278. The van der Waals surface area contributed by atoms with Crippen LogP contribution >= 0.6 is 0 Å². The van der Waals surface area contributed by atoms with Gasteiger partial charge < -0.3 is 15.0 Å². The topological polar surface area (TPSA) is 41.6 Å². The molecule has 120 valence electrons. The van der Waals surface area contributed by atoms with E-state index in [4.69, 9.17) is 4.74 Å². The molecule has 1 N–H and O–H groups in total. The van der Waals surface area contributed by atoms with Crippen LogP contribution in [0.1, 0.15) is 5.56 Å². The average Bonchev–Trinajstić information content (AvgIpc) is 2.58. The predicted octanol–water partition coefficient (Wildman–Crippen LogP) is 2.84. The second kappa shape index (κ2) is 7.24. The van der Waals surface area contributed by atoms with Crippen molar-refractivity contribution < 1.29 is 13.9 Å². The molecule has 1 aliphatic heterocycles. The fourth-order valence-electron chi connectivity index (χ4n) is 2.64. The van der Waals surface area contributed by atoms with Crippen molar-refractivity contribution in [3.05, 3.63) is 59.9 Å². The maximum Gasteiger partial charge on any atom is 0.228 e. The zero-order valence-electron chi connectivity index (χ0n) is 12.8. The maximum absolute atomic E-state index is 12.9. The molecular formula is C18H19FN2O2. The van der Waals surface area contributed by atoms with Gasteiger partial charge in [0.05, 0.1) is 31.0 Å². The van der Waals surface area contributed by atoms with E-state index >= 15 is 0 Å². The second-order valence-electron chi connectivity index (χ2n) is 5.47. The molecule has 1 heterocycles. The number of anilines is 2. The molecule has 0 aromatic heterocycles. The summed E-state index contributed by atoms with van der Waals surface area (Å²) in [6.45, 7) is 3.01. The van der Waals surface area contributed by atoms with E-state index in [0.717, 1.165) is 30.0 Å². The molecule has 1 aliphatic rings. The monoisotopic (exact) mass is 314 g/mol. The third-order valence-corrected chi connectivity index (χ3v) is 3.81. The minimum Gasteiger partial charge on any atom is -0.378 e. The van der Waals surface area contributed by atoms with Gasteiger partial charge in [0.1, 0.15) is 5.82 Å². The van der Waals surface area contributed by atoms with E-state index in [0.29, 0.717) is 13.2 Å². The van der Waals surface area contributed by atoms with E-state index in [1.165, 1.54) is 12.1 Å². The van der Waals surface area contributed by atoms with Gasteiger partial charge in [-0.25, -0.2) is 4.39 Å². The number of benzene rings is 2. The van der Waals surface area contributed by atoms with Crippen molar-refractivity contribution in [1.29, 1.82) is 0 Å². The summed E-state index contributed by atoms with van der Waals surface area (Å²) in [5, 5.41) is 2.96. The lowest BCUT2D eigenvalue weighted by atomic mass is 10.1. The highest BCUT2D eigenvalue weighted by molar-refractivity contribution is 5.95. The number of hydrogen-bond acceptors (Lipinski definition) is 3. The number of morpholine rings is 1. The van der Waals surface area contributed by atoms with Crippen LogP contribution in [0.5, 0.6) is 0 Å². The van der Waals surface area contributed by atoms with Crippen molar-refractivity contribution in [2.75, 3.05) is 36.5 Å². The number of nitrogens with one attached hydrogen (secondary N) is 1. The van der Waals surface area contributed by atoms with Gasteiger partial charge in [0.2, 0.25) is 5.91 Å². The zero-order valence-corrected chi connectivity index (χ0v) is 12.8. The summed E-state index contributed by atoms with van der Waals surface area (Å²) in [4.78, 5) is 14.5. The molecular weight excluding hydrogens is 295 g/mol. The van der Waals surface area contributed by atoms with Gasteiger partial charge in [0, 0.05) is 13.1 Å². The van der Waals surface area contributed by atoms with E-state index in [9.17, 15) is 9.18 Å². The van der Waals surface area contributed by atoms with Crippen LogP contribution in [-0.4, -0.2) is 32.2 Å². The first-order valence-corrected chi connectivity index (χ1v) is 7.68. The molecule has 1 saturated heterocycles. The molecule has 0 saturated carbocycles. The Morgan fingerprint density at radius 1 is 1.09 bits per heavy atom. The normalized spacial score (nSPS) is 14.6. The Bertz CT molecular complexity index is 667. The molecule has 0 bridgehead atoms. The lowest BCUT2D eigenvalue weighted by Gasteiger charge is -2.30. The van der Waals surface area contributed by atoms with Crippen molar-refractivity contribution in [1.82, 2.24) is 0 Å². The number of carbonyl (C=O) groups excluding carboxylic acids is 1. The van der Waals surface area contributed by atoms with Crippen molar-refractivity contribution in [3.63, 3.8) is 0 Å². The van der Waals surface area contributed by atoms with Gasteiger partial charge in [-0.1, -0.05) is 24.3 Å². The Balaban J connectivity index is 1.69. The summed E-state index contributed by atoms with van der Waals surface area (Å²) in [7, 11) is 0. The van der Waals surface area contributed by atoms with E-state index < -0.39 is 0 Å². The lowest BCUT2D eigenvalue weighted by molar-refractivity contribution is -0.115. The largest absolute Gasteiger partial charge is 0.378 e. The lowest BCUT2D eigenvalue weighted by Crippen LogP contribution is -2.36. The molecule has 3 rings (SSSR count). The van der Waals surface area contributed by atoms with Gasteiger partial charge in [-0.3, -0.25) is 4.79 Å². The molecule has 1 fully saturated rings. The van der Waals surface area contributed by atoms with Crippen molar-refractivity contribution in [3.8, 4) is 0 Å². The quantitative estimate of drug-likeness (QED) is 0.943. The molecule has 0 radical (unpaired) electrons. The van der Waals surface area contributed by atoms with Gasteiger partial charge in [-0.05, 0) is 29.8 Å². The molecule has 0 aliphatic carbocycles. The van der Waals surface area contributed by atoms with Crippen LogP contribution in [0.15, 0.2) is 48.5 Å². The summed E-state index contributed by atoms with van der Waals surface area (Å²) in [6, 6.07) is 13.7.